The Morgan fingerprint density at radius 3 is 1.22 bits per heavy atom. The summed E-state index contributed by atoms with van der Waals surface area (Å²) in [5.74, 6) is 0.262. The van der Waals surface area contributed by atoms with Gasteiger partial charge in [0.2, 0.25) is 11.8 Å². The molecule has 58 heavy (non-hydrogen) atoms. The number of nitrogens with one attached hydrogen (secondary N) is 2. The molecule has 4 fully saturated rings. The van der Waals surface area contributed by atoms with E-state index in [9.17, 15) is 35.9 Å². The van der Waals surface area contributed by atoms with Crippen molar-refractivity contribution >= 4 is 36.6 Å². The van der Waals surface area contributed by atoms with E-state index in [1.54, 1.807) is 22.2 Å². The van der Waals surface area contributed by atoms with Gasteiger partial charge in [-0.15, -0.1) is 24.8 Å². The van der Waals surface area contributed by atoms with Gasteiger partial charge in [-0.05, 0) is 122 Å². The molecule has 312 valence electrons. The van der Waals surface area contributed by atoms with Crippen LogP contribution in [0.5, 0.6) is 0 Å². The second-order valence-electron chi connectivity index (χ2n) is 15.5. The summed E-state index contributed by atoms with van der Waals surface area (Å²) in [6.07, 6.45) is -0.588. The van der Waals surface area contributed by atoms with Crippen molar-refractivity contribution in [3.05, 3.63) is 107 Å². The first-order valence-electron chi connectivity index (χ1n) is 18.8. The molecule has 2 aromatic carbocycles. The number of nitrogens with zero attached hydrogens (tertiary/aromatic N) is 4. The third-order valence-corrected chi connectivity index (χ3v) is 12.1. The number of amides is 2. The van der Waals surface area contributed by atoms with Crippen LogP contribution in [-0.4, -0.2) is 69.8 Å². The van der Waals surface area contributed by atoms with Crippen LogP contribution in [0.3, 0.4) is 0 Å². The largest absolute Gasteiger partial charge is 0.416 e. The van der Waals surface area contributed by atoms with Gasteiger partial charge < -0.3 is 9.80 Å². The molecule has 8 nitrogen and oxygen atoms in total. The summed E-state index contributed by atoms with van der Waals surface area (Å²) in [4.78, 5) is 37.7. The fourth-order valence-corrected chi connectivity index (χ4v) is 8.85. The van der Waals surface area contributed by atoms with Crippen LogP contribution >= 0.6 is 24.8 Å². The van der Waals surface area contributed by atoms with Crippen LogP contribution < -0.4 is 10.6 Å². The molecule has 2 spiro atoms. The maximum absolute atomic E-state index is 12.8. The molecule has 8 rings (SSSR count). The number of likely N-dealkylation sites (tertiary alicyclic amines) is 2. The lowest BCUT2D eigenvalue weighted by Gasteiger charge is -2.24. The smallest absolute Gasteiger partial charge is 0.344 e. The Labute approximate surface area is 346 Å². The fraction of sp³-hybridized carbons (Fsp3) is 0.429. The van der Waals surface area contributed by atoms with Crippen LogP contribution in [0.4, 0.5) is 26.3 Å². The molecule has 4 aliphatic rings. The highest BCUT2D eigenvalue weighted by Crippen LogP contribution is 2.42. The van der Waals surface area contributed by atoms with E-state index in [0.29, 0.717) is 0 Å². The maximum atomic E-state index is 12.8. The molecule has 4 aromatic rings. The number of halogens is 8. The molecule has 0 radical (unpaired) electrons. The lowest BCUT2D eigenvalue weighted by molar-refractivity contribution is -0.138. The van der Waals surface area contributed by atoms with Crippen LogP contribution in [-0.2, 0) is 21.9 Å². The molecule has 4 saturated heterocycles. The Balaban J connectivity index is 0.000000214. The lowest BCUT2D eigenvalue weighted by atomic mass is 9.95. The third kappa shape index (κ3) is 8.43. The summed E-state index contributed by atoms with van der Waals surface area (Å²) in [6.45, 7) is 5.36. The second-order valence-corrected chi connectivity index (χ2v) is 15.5. The number of carbonyl (C=O) groups excluding carboxylic acids is 2. The number of rotatable bonds is 4. The monoisotopic (exact) mass is 850 g/mol. The zero-order valence-electron chi connectivity index (χ0n) is 32.4. The van der Waals surface area contributed by atoms with Crippen LogP contribution in [0.1, 0.15) is 84.3 Å². The number of aromatic nitrogens is 2. The van der Waals surface area contributed by atoms with E-state index in [0.717, 1.165) is 121 Å². The first-order chi connectivity index (χ1) is 26.4. The Kier molecular flexibility index (Phi) is 13.0. The topological polar surface area (TPSA) is 90.5 Å². The molecule has 2 aromatic heterocycles. The predicted molar refractivity (Wildman–Crippen MR) is 214 cm³/mol. The number of hydrogen-bond acceptors (Lipinski definition) is 6. The minimum absolute atomic E-state index is 0. The van der Waals surface area contributed by atoms with Crippen LogP contribution in [0.25, 0.3) is 22.3 Å². The molecule has 6 heterocycles. The maximum Gasteiger partial charge on any atom is 0.416 e. The zero-order valence-corrected chi connectivity index (χ0v) is 34.1. The van der Waals surface area contributed by atoms with Crippen molar-refractivity contribution in [2.45, 2.75) is 87.9 Å². The van der Waals surface area contributed by atoms with Crippen molar-refractivity contribution < 1.29 is 35.9 Å². The van der Waals surface area contributed by atoms with Gasteiger partial charge in [-0.25, -0.2) is 0 Å². The lowest BCUT2D eigenvalue weighted by Crippen LogP contribution is -2.47. The summed E-state index contributed by atoms with van der Waals surface area (Å²) in [6, 6.07) is 13.9. The average molecular weight is 852 g/mol. The minimum atomic E-state index is -4.35. The van der Waals surface area contributed by atoms with Crippen molar-refractivity contribution in [1.29, 1.82) is 0 Å². The number of carbonyl (C=O) groups is 2. The Morgan fingerprint density at radius 1 is 0.586 bits per heavy atom. The van der Waals surface area contributed by atoms with E-state index in [-0.39, 0.29) is 48.7 Å². The molecule has 0 aliphatic carbocycles. The second kappa shape index (κ2) is 16.8. The normalized spacial score (nSPS) is 24.2. The molecule has 16 heteroatoms. The van der Waals surface area contributed by atoms with Gasteiger partial charge >= 0.3 is 12.4 Å². The Morgan fingerprint density at radius 2 is 0.931 bits per heavy atom. The van der Waals surface area contributed by atoms with Crippen LogP contribution in [0.2, 0.25) is 0 Å². The van der Waals surface area contributed by atoms with Crippen molar-refractivity contribution in [2.75, 3.05) is 27.2 Å². The molecule has 0 saturated carbocycles. The predicted octanol–water partition coefficient (Wildman–Crippen LogP) is 9.05. The van der Waals surface area contributed by atoms with Crippen LogP contribution in [0.15, 0.2) is 73.1 Å². The van der Waals surface area contributed by atoms with Gasteiger partial charge in [-0.2, -0.15) is 26.3 Å². The Bertz CT molecular complexity index is 1980. The van der Waals surface area contributed by atoms with Crippen molar-refractivity contribution in [3.63, 3.8) is 0 Å². The highest BCUT2D eigenvalue weighted by atomic mass is 35.5. The summed E-state index contributed by atoms with van der Waals surface area (Å²) in [5.41, 5.74) is 4.40. The Hall–Kier alpha value is -4.24. The summed E-state index contributed by atoms with van der Waals surface area (Å²) in [5, 5.41) is 7.02. The molecule has 2 N–H and O–H groups in total. The SMILES string of the molecule is Cc1c(-c2ccc(C(F)(F)F)cc2)ccnc1[C@@H]1CC[C@]2(CCN(C)C2=O)N1.Cc1c(-c2ccc(C(F)(F)F)cc2)ccnc1[C@H]1CC[C@]2(CCN(C)C2=O)N1.Cl.Cl. The third-order valence-electron chi connectivity index (χ3n) is 12.1. The first-order valence-corrected chi connectivity index (χ1v) is 18.8. The van der Waals surface area contributed by atoms with Crippen LogP contribution in [0, 0.1) is 13.8 Å². The summed E-state index contributed by atoms with van der Waals surface area (Å²) < 4.78 is 76.9. The minimum Gasteiger partial charge on any atom is -0.344 e. The molecule has 0 unspecified atom stereocenters. The van der Waals surface area contributed by atoms with E-state index in [1.807, 2.05) is 40.1 Å². The van der Waals surface area contributed by atoms with Gasteiger partial charge in [0.05, 0.1) is 34.6 Å². The standard InChI is InChI=1S/2C21H22F3N3O.2ClH/c2*1-13-16(14-3-5-15(6-4-14)21(22,23)24)8-11-25-18(13)17-7-9-20(26-17)10-12-27(2)19(20)28;;/h2*3-6,8,11,17,26H,7,9-10,12H2,1-2H3;2*1H/t17-,20+;17-,20-;;/m01../s1. The number of alkyl halides is 6. The van der Waals surface area contributed by atoms with Gasteiger partial charge in [-0.1, -0.05) is 24.3 Å². The van der Waals surface area contributed by atoms with E-state index >= 15 is 0 Å². The van der Waals surface area contributed by atoms with Crippen molar-refractivity contribution in [1.82, 2.24) is 30.4 Å². The molecule has 0 bridgehead atoms. The number of pyridine rings is 2. The zero-order chi connectivity index (χ0) is 40.2. The van der Waals surface area contributed by atoms with Gasteiger partial charge in [0, 0.05) is 39.6 Å². The summed E-state index contributed by atoms with van der Waals surface area (Å²) >= 11 is 0. The van der Waals surface area contributed by atoms with Crippen molar-refractivity contribution in [2.24, 2.45) is 0 Å². The van der Waals surface area contributed by atoms with E-state index in [2.05, 4.69) is 20.6 Å². The van der Waals surface area contributed by atoms with Crippen molar-refractivity contribution in [3.8, 4) is 22.3 Å². The van der Waals surface area contributed by atoms with E-state index in [1.165, 1.54) is 24.3 Å². The summed E-state index contributed by atoms with van der Waals surface area (Å²) in [7, 11) is 3.64. The highest BCUT2D eigenvalue weighted by Gasteiger charge is 2.51. The van der Waals surface area contributed by atoms with Gasteiger partial charge in [0.25, 0.3) is 0 Å². The molecule has 2 amide bonds. The van der Waals surface area contributed by atoms with Gasteiger partial charge in [0.15, 0.2) is 0 Å². The van der Waals surface area contributed by atoms with E-state index in [4.69, 9.17) is 0 Å². The van der Waals surface area contributed by atoms with Gasteiger partial charge in [-0.3, -0.25) is 30.2 Å². The molecular formula is C42H46Cl2F6N6O2. The molecule has 4 aliphatic heterocycles. The molecule has 4 atom stereocenters. The van der Waals surface area contributed by atoms with E-state index < -0.39 is 34.6 Å². The quantitative estimate of drug-likeness (QED) is 0.199. The van der Waals surface area contributed by atoms with Gasteiger partial charge in [0.1, 0.15) is 11.1 Å². The first kappa shape index (κ1) is 44.9. The highest BCUT2D eigenvalue weighted by molar-refractivity contribution is 5.89. The number of benzene rings is 2. The number of hydrogen-bond donors (Lipinski definition) is 2. The average Bonchev–Trinajstić information content (AvgIpc) is 3.94. The number of likely N-dealkylation sites (N-methyl/N-ethyl adjacent to an activating group) is 2. The fourth-order valence-electron chi connectivity index (χ4n) is 8.85. The molecular weight excluding hydrogens is 805 g/mol.